The van der Waals surface area contributed by atoms with Crippen LogP contribution in [-0.2, 0) is 0 Å². The van der Waals surface area contributed by atoms with Crippen molar-refractivity contribution in [3.63, 3.8) is 0 Å². The molecule has 1 heteroatoms. The van der Waals surface area contributed by atoms with Gasteiger partial charge in [0.1, 0.15) is 0 Å². The van der Waals surface area contributed by atoms with E-state index in [0.29, 0.717) is 6.04 Å². The molecule has 1 nitrogen and oxygen atoms in total. The van der Waals surface area contributed by atoms with Crippen molar-refractivity contribution in [3.05, 3.63) is 41.5 Å². The Morgan fingerprint density at radius 2 is 1.93 bits per heavy atom. The summed E-state index contributed by atoms with van der Waals surface area (Å²) in [5.41, 5.74) is 2.64. The number of hydrogen-bond acceptors (Lipinski definition) is 1. The van der Waals surface area contributed by atoms with Crippen molar-refractivity contribution in [2.24, 2.45) is 0 Å². The molecule has 0 aliphatic rings. The first kappa shape index (κ1) is 11.0. The molecule has 0 saturated heterocycles. The largest absolute Gasteiger partial charge is 0.311 e. The van der Waals surface area contributed by atoms with E-state index in [2.05, 4.69) is 56.4 Å². The van der Waals surface area contributed by atoms with Gasteiger partial charge in [0.15, 0.2) is 0 Å². The van der Waals surface area contributed by atoms with E-state index < -0.39 is 0 Å². The van der Waals surface area contributed by atoms with Gasteiger partial charge >= 0.3 is 0 Å². The zero-order chi connectivity index (χ0) is 10.4. The average molecular weight is 189 g/mol. The van der Waals surface area contributed by atoms with E-state index in [1.807, 2.05) is 6.07 Å². The molecule has 0 aromatic heterocycles. The van der Waals surface area contributed by atoms with E-state index in [-0.39, 0.29) is 0 Å². The van der Waals surface area contributed by atoms with Crippen LogP contribution in [0.15, 0.2) is 35.9 Å². The summed E-state index contributed by atoms with van der Waals surface area (Å²) in [6, 6.07) is 11.0. The Kier molecular flexibility index (Phi) is 4.41. The third-order valence-electron chi connectivity index (χ3n) is 2.00. The fourth-order valence-corrected chi connectivity index (χ4v) is 1.25. The van der Waals surface area contributed by atoms with Crippen LogP contribution in [0.2, 0.25) is 0 Å². The minimum atomic E-state index is 0.550. The van der Waals surface area contributed by atoms with Crippen LogP contribution in [-0.4, -0.2) is 12.6 Å². The van der Waals surface area contributed by atoms with Crippen LogP contribution in [0.1, 0.15) is 26.3 Å². The first-order chi connectivity index (χ1) is 6.68. The molecule has 76 valence electrons. The summed E-state index contributed by atoms with van der Waals surface area (Å²) in [5.74, 6) is 0. The van der Waals surface area contributed by atoms with E-state index in [0.717, 1.165) is 6.54 Å². The van der Waals surface area contributed by atoms with Gasteiger partial charge in [0, 0.05) is 12.6 Å². The molecular weight excluding hydrogens is 170 g/mol. The second-order valence-electron chi connectivity index (χ2n) is 3.94. The highest BCUT2D eigenvalue weighted by Crippen LogP contribution is 2.05. The van der Waals surface area contributed by atoms with Crippen molar-refractivity contribution in [1.82, 2.24) is 5.32 Å². The van der Waals surface area contributed by atoms with Crippen LogP contribution in [0, 0.1) is 0 Å². The summed E-state index contributed by atoms with van der Waals surface area (Å²) in [6.45, 7) is 7.44. The van der Waals surface area contributed by atoms with Gasteiger partial charge in [-0.2, -0.15) is 0 Å². The highest BCUT2D eigenvalue weighted by molar-refractivity contribution is 5.52. The van der Waals surface area contributed by atoms with E-state index in [1.165, 1.54) is 11.1 Å². The Balaban J connectivity index is 2.52. The molecule has 0 atom stereocenters. The molecule has 1 rings (SSSR count). The lowest BCUT2D eigenvalue weighted by Crippen LogP contribution is -2.24. The van der Waals surface area contributed by atoms with E-state index in [4.69, 9.17) is 0 Å². The highest BCUT2D eigenvalue weighted by Gasteiger charge is 1.93. The van der Waals surface area contributed by atoms with E-state index in [1.54, 1.807) is 0 Å². The Morgan fingerprint density at radius 1 is 1.29 bits per heavy atom. The second kappa shape index (κ2) is 5.61. The molecule has 0 aliphatic carbocycles. The van der Waals surface area contributed by atoms with Gasteiger partial charge in [-0.25, -0.2) is 0 Å². The summed E-state index contributed by atoms with van der Waals surface area (Å²) in [6.07, 6.45) is 2.22. The molecule has 0 aliphatic heterocycles. The zero-order valence-electron chi connectivity index (χ0n) is 9.25. The molecule has 1 aromatic rings. The number of rotatable bonds is 4. The van der Waals surface area contributed by atoms with Gasteiger partial charge in [0.25, 0.3) is 0 Å². The smallest absolute Gasteiger partial charge is 0.0167 e. The Hall–Kier alpha value is -1.08. The molecule has 0 saturated carbocycles. The first-order valence-corrected chi connectivity index (χ1v) is 5.14. The fourth-order valence-electron chi connectivity index (χ4n) is 1.25. The lowest BCUT2D eigenvalue weighted by molar-refractivity contribution is 0.623. The van der Waals surface area contributed by atoms with Crippen LogP contribution in [0.3, 0.4) is 0 Å². The van der Waals surface area contributed by atoms with Gasteiger partial charge in [-0.3, -0.25) is 0 Å². The molecule has 0 fully saturated rings. The van der Waals surface area contributed by atoms with E-state index >= 15 is 0 Å². The number of hydrogen-bond donors (Lipinski definition) is 1. The van der Waals surface area contributed by atoms with Crippen LogP contribution >= 0.6 is 0 Å². The average Bonchev–Trinajstić information content (AvgIpc) is 2.16. The molecule has 0 heterocycles. The lowest BCUT2D eigenvalue weighted by Gasteiger charge is -2.07. The Bertz CT molecular complexity index is 285. The van der Waals surface area contributed by atoms with Gasteiger partial charge in [-0.1, -0.05) is 55.8 Å². The van der Waals surface area contributed by atoms with Crippen molar-refractivity contribution >= 4 is 6.08 Å². The van der Waals surface area contributed by atoms with Crippen molar-refractivity contribution in [3.8, 4) is 0 Å². The summed E-state index contributed by atoms with van der Waals surface area (Å²) in [7, 11) is 0. The zero-order valence-corrected chi connectivity index (χ0v) is 9.25. The molecule has 14 heavy (non-hydrogen) atoms. The Labute approximate surface area is 86.8 Å². The molecule has 0 amide bonds. The molecule has 0 spiro atoms. The highest BCUT2D eigenvalue weighted by atomic mass is 14.9. The van der Waals surface area contributed by atoms with E-state index in [9.17, 15) is 0 Å². The fraction of sp³-hybridized carbons (Fsp3) is 0.385. The summed E-state index contributed by atoms with van der Waals surface area (Å²) >= 11 is 0. The lowest BCUT2D eigenvalue weighted by atomic mass is 10.1. The number of nitrogens with one attached hydrogen (secondary N) is 1. The van der Waals surface area contributed by atoms with Crippen LogP contribution in [0.4, 0.5) is 0 Å². The minimum Gasteiger partial charge on any atom is -0.311 e. The quantitative estimate of drug-likeness (QED) is 0.767. The maximum atomic E-state index is 3.40. The van der Waals surface area contributed by atoms with Gasteiger partial charge < -0.3 is 5.32 Å². The monoisotopic (exact) mass is 189 g/mol. The van der Waals surface area contributed by atoms with Gasteiger partial charge in [0.05, 0.1) is 0 Å². The molecule has 0 radical (unpaired) electrons. The van der Waals surface area contributed by atoms with Gasteiger partial charge in [-0.05, 0) is 12.5 Å². The molecular formula is C13H19N. The third-order valence-corrected chi connectivity index (χ3v) is 2.00. The van der Waals surface area contributed by atoms with Crippen molar-refractivity contribution in [1.29, 1.82) is 0 Å². The molecule has 0 bridgehead atoms. The minimum absolute atomic E-state index is 0.550. The predicted octanol–water partition coefficient (Wildman–Crippen LogP) is 3.09. The van der Waals surface area contributed by atoms with Crippen molar-refractivity contribution < 1.29 is 0 Å². The first-order valence-electron chi connectivity index (χ1n) is 5.14. The summed E-state index contributed by atoms with van der Waals surface area (Å²) in [5, 5.41) is 3.40. The molecule has 1 aromatic carbocycles. The number of benzene rings is 1. The maximum absolute atomic E-state index is 3.40. The Morgan fingerprint density at radius 3 is 2.50 bits per heavy atom. The standard InChI is InChI=1S/C13H19N/c1-11(2)14-10-12(3)9-13-7-5-4-6-8-13/h4-9,11,14H,10H2,1-3H3. The molecule has 0 unspecified atom stereocenters. The van der Waals surface area contributed by atoms with Crippen LogP contribution in [0.5, 0.6) is 0 Å². The molecule has 1 N–H and O–H groups in total. The van der Waals surface area contributed by atoms with Crippen LogP contribution in [0.25, 0.3) is 6.08 Å². The maximum Gasteiger partial charge on any atom is 0.0167 e. The van der Waals surface area contributed by atoms with Crippen molar-refractivity contribution in [2.75, 3.05) is 6.54 Å². The summed E-state index contributed by atoms with van der Waals surface area (Å²) in [4.78, 5) is 0. The second-order valence-corrected chi connectivity index (χ2v) is 3.94. The van der Waals surface area contributed by atoms with Gasteiger partial charge in [-0.15, -0.1) is 0 Å². The summed E-state index contributed by atoms with van der Waals surface area (Å²) < 4.78 is 0. The topological polar surface area (TPSA) is 12.0 Å². The van der Waals surface area contributed by atoms with Gasteiger partial charge in [0.2, 0.25) is 0 Å². The van der Waals surface area contributed by atoms with Crippen molar-refractivity contribution in [2.45, 2.75) is 26.8 Å². The van der Waals surface area contributed by atoms with Crippen LogP contribution < -0.4 is 5.32 Å². The predicted molar refractivity (Wildman–Crippen MR) is 63.2 cm³/mol. The third kappa shape index (κ3) is 4.24. The normalized spacial score (nSPS) is 12.1. The SMILES string of the molecule is CC(=Cc1ccccc1)CNC(C)C.